The quantitative estimate of drug-likeness (QED) is 0.385. The van der Waals surface area contributed by atoms with Gasteiger partial charge in [0.25, 0.3) is 0 Å². The molecule has 138 valence electrons. The number of aromatic nitrogens is 3. The lowest BCUT2D eigenvalue weighted by Gasteiger charge is -2.08. The minimum Gasteiger partial charge on any atom is -0.469 e. The second-order valence-electron chi connectivity index (χ2n) is 6.57. The maximum Gasteiger partial charge on any atom is 0.336 e. The van der Waals surface area contributed by atoms with Gasteiger partial charge < -0.3 is 13.4 Å². The van der Waals surface area contributed by atoms with Gasteiger partial charge in [-0.3, -0.25) is 0 Å². The average molecular weight is 381 g/mol. The normalized spacial score (nSPS) is 11.4. The molecular weight excluding hydrogens is 362 g/mol. The van der Waals surface area contributed by atoms with Crippen LogP contribution in [0.25, 0.3) is 22.4 Å². The van der Waals surface area contributed by atoms with Gasteiger partial charge in [0.15, 0.2) is 11.0 Å². The van der Waals surface area contributed by atoms with E-state index in [4.69, 9.17) is 8.83 Å². The fourth-order valence-corrected chi connectivity index (χ4v) is 3.94. The predicted molar refractivity (Wildman–Crippen MR) is 105 cm³/mol. The lowest BCUT2D eigenvalue weighted by Crippen LogP contribution is -2.01. The highest BCUT2D eigenvalue weighted by Crippen LogP contribution is 2.30. The highest BCUT2D eigenvalue weighted by molar-refractivity contribution is 7.98. The van der Waals surface area contributed by atoms with E-state index in [9.17, 15) is 4.79 Å². The summed E-state index contributed by atoms with van der Waals surface area (Å²) in [4.78, 5) is 12.0. The summed E-state index contributed by atoms with van der Waals surface area (Å²) in [5, 5.41) is 10.3. The van der Waals surface area contributed by atoms with Gasteiger partial charge in [-0.15, -0.1) is 10.2 Å². The van der Waals surface area contributed by atoms with Crippen molar-refractivity contribution in [1.29, 1.82) is 0 Å². The lowest BCUT2D eigenvalue weighted by molar-refractivity contribution is 0.534. The smallest absolute Gasteiger partial charge is 0.336 e. The number of thioether (sulfide) groups is 1. The van der Waals surface area contributed by atoms with Crippen molar-refractivity contribution in [3.05, 3.63) is 63.4 Å². The second-order valence-corrected chi connectivity index (χ2v) is 7.51. The predicted octanol–water partition coefficient (Wildman–Crippen LogP) is 4.40. The largest absolute Gasteiger partial charge is 0.469 e. The van der Waals surface area contributed by atoms with Gasteiger partial charge in [0.2, 0.25) is 0 Å². The lowest BCUT2D eigenvalue weighted by atomic mass is 10.0. The van der Waals surface area contributed by atoms with E-state index in [1.165, 1.54) is 17.3 Å². The molecule has 0 aliphatic carbocycles. The van der Waals surface area contributed by atoms with Gasteiger partial charge in [-0.05, 0) is 55.7 Å². The van der Waals surface area contributed by atoms with Crippen molar-refractivity contribution in [3.8, 4) is 11.4 Å². The molecule has 0 bridgehead atoms. The molecule has 4 aromatic rings. The Hall–Kier alpha value is -2.80. The van der Waals surface area contributed by atoms with Crippen LogP contribution in [-0.2, 0) is 12.8 Å². The van der Waals surface area contributed by atoms with Crippen molar-refractivity contribution in [3.63, 3.8) is 0 Å². The number of benzene rings is 1. The van der Waals surface area contributed by atoms with Crippen LogP contribution >= 0.6 is 11.8 Å². The first kappa shape index (κ1) is 17.6. The number of fused-ring (bicyclic) bond motifs is 1. The van der Waals surface area contributed by atoms with E-state index < -0.39 is 0 Å². The van der Waals surface area contributed by atoms with Crippen LogP contribution in [0.15, 0.2) is 49.3 Å². The molecule has 1 aromatic carbocycles. The Morgan fingerprint density at radius 1 is 1.11 bits per heavy atom. The minimum atomic E-state index is -0.339. The molecule has 0 fully saturated rings. The molecule has 6 nitrogen and oxygen atoms in total. The number of rotatable bonds is 4. The summed E-state index contributed by atoms with van der Waals surface area (Å²) >= 11 is 1.54. The van der Waals surface area contributed by atoms with E-state index in [2.05, 4.69) is 23.2 Å². The molecule has 7 heteroatoms. The van der Waals surface area contributed by atoms with Crippen LogP contribution in [-0.4, -0.2) is 14.8 Å². The molecular formula is C20H19N3O3S. The number of hydrogen-bond acceptors (Lipinski definition) is 6. The topological polar surface area (TPSA) is 74.1 Å². The molecule has 0 atom stereocenters. The summed E-state index contributed by atoms with van der Waals surface area (Å²) in [5.41, 5.74) is 4.40. The first-order valence-corrected chi connectivity index (χ1v) is 9.53. The first-order valence-electron chi connectivity index (χ1n) is 8.54. The zero-order valence-corrected chi connectivity index (χ0v) is 16.4. The third-order valence-electron chi connectivity index (χ3n) is 4.74. The molecule has 0 amide bonds. The Labute approximate surface area is 160 Å². The van der Waals surface area contributed by atoms with Gasteiger partial charge >= 0.3 is 5.63 Å². The molecule has 0 radical (unpaired) electrons. The van der Waals surface area contributed by atoms with Crippen LogP contribution in [0.3, 0.4) is 0 Å². The van der Waals surface area contributed by atoms with Crippen LogP contribution in [0.4, 0.5) is 0 Å². The zero-order chi connectivity index (χ0) is 19.1. The van der Waals surface area contributed by atoms with Crippen LogP contribution in [0.2, 0.25) is 0 Å². The highest BCUT2D eigenvalue weighted by atomic mass is 32.2. The van der Waals surface area contributed by atoms with Gasteiger partial charge in [-0.25, -0.2) is 4.79 Å². The van der Waals surface area contributed by atoms with Crippen LogP contribution in [0.5, 0.6) is 0 Å². The fourth-order valence-electron chi connectivity index (χ4n) is 3.04. The molecule has 0 unspecified atom stereocenters. The van der Waals surface area contributed by atoms with Gasteiger partial charge in [0.1, 0.15) is 11.3 Å². The molecule has 0 spiro atoms. The Morgan fingerprint density at radius 3 is 2.63 bits per heavy atom. The van der Waals surface area contributed by atoms with Crippen LogP contribution < -0.4 is 5.63 Å². The van der Waals surface area contributed by atoms with E-state index in [0.29, 0.717) is 11.3 Å². The SMILES string of the molecule is Cc1cc2oc(=O)cc(CSc3nnc(-c4ccoc4C)n3C)c2cc1C. The van der Waals surface area contributed by atoms with Gasteiger partial charge in [-0.2, -0.15) is 0 Å². The van der Waals surface area contributed by atoms with E-state index in [-0.39, 0.29) is 5.63 Å². The molecule has 0 saturated carbocycles. The summed E-state index contributed by atoms with van der Waals surface area (Å²) in [6, 6.07) is 7.43. The van der Waals surface area contributed by atoms with Crippen molar-refractivity contribution in [2.45, 2.75) is 31.7 Å². The zero-order valence-electron chi connectivity index (χ0n) is 15.6. The van der Waals surface area contributed by atoms with Crippen molar-refractivity contribution >= 4 is 22.7 Å². The number of furan rings is 1. The summed E-state index contributed by atoms with van der Waals surface area (Å²) in [7, 11) is 1.93. The Balaban J connectivity index is 1.67. The van der Waals surface area contributed by atoms with E-state index in [1.807, 2.05) is 37.6 Å². The van der Waals surface area contributed by atoms with E-state index in [1.54, 1.807) is 12.3 Å². The van der Waals surface area contributed by atoms with Gasteiger partial charge in [0.05, 0.1) is 11.8 Å². The number of aryl methyl sites for hydroxylation is 3. The third kappa shape index (κ3) is 3.19. The molecule has 3 heterocycles. The third-order valence-corrected chi connectivity index (χ3v) is 5.80. The Morgan fingerprint density at radius 2 is 1.89 bits per heavy atom. The minimum absolute atomic E-state index is 0.339. The first-order chi connectivity index (χ1) is 12.9. The van der Waals surface area contributed by atoms with Gasteiger partial charge in [-0.1, -0.05) is 11.8 Å². The van der Waals surface area contributed by atoms with Crippen LogP contribution in [0.1, 0.15) is 22.5 Å². The Bertz CT molecular complexity index is 1200. The second kappa shape index (κ2) is 6.74. The molecule has 0 aliphatic heterocycles. The molecule has 0 aliphatic rings. The maximum atomic E-state index is 12.0. The summed E-state index contributed by atoms with van der Waals surface area (Å²) in [6.07, 6.45) is 1.64. The van der Waals surface area contributed by atoms with Crippen molar-refractivity contribution < 1.29 is 8.83 Å². The highest BCUT2D eigenvalue weighted by Gasteiger charge is 2.16. The van der Waals surface area contributed by atoms with Crippen LogP contribution in [0, 0.1) is 20.8 Å². The fraction of sp³-hybridized carbons (Fsp3) is 0.250. The summed E-state index contributed by atoms with van der Waals surface area (Å²) in [6.45, 7) is 5.96. The standard InChI is InChI=1S/C20H19N3O3S/c1-11-7-16-14(9-18(24)26-17(16)8-12(11)2)10-27-20-22-21-19(23(20)4)15-5-6-25-13(15)3/h5-9H,10H2,1-4H3. The molecule has 0 saturated heterocycles. The number of nitrogens with zero attached hydrogens (tertiary/aromatic N) is 3. The molecule has 3 aromatic heterocycles. The summed E-state index contributed by atoms with van der Waals surface area (Å²) in [5.74, 6) is 2.16. The molecule has 4 rings (SSSR count). The number of hydrogen-bond donors (Lipinski definition) is 0. The Kier molecular flexibility index (Phi) is 4.39. The van der Waals surface area contributed by atoms with Crippen molar-refractivity contribution in [1.82, 2.24) is 14.8 Å². The van der Waals surface area contributed by atoms with E-state index >= 15 is 0 Å². The molecule has 0 N–H and O–H groups in total. The monoisotopic (exact) mass is 381 g/mol. The van der Waals surface area contributed by atoms with Gasteiger partial charge in [0, 0.05) is 24.3 Å². The van der Waals surface area contributed by atoms with Crippen molar-refractivity contribution in [2.75, 3.05) is 0 Å². The summed E-state index contributed by atoms with van der Waals surface area (Å²) < 4.78 is 12.7. The van der Waals surface area contributed by atoms with E-state index in [0.717, 1.165) is 38.8 Å². The average Bonchev–Trinajstić information content (AvgIpc) is 3.20. The molecule has 27 heavy (non-hydrogen) atoms. The maximum absolute atomic E-state index is 12.0. The van der Waals surface area contributed by atoms with Crippen molar-refractivity contribution in [2.24, 2.45) is 7.05 Å².